The van der Waals surface area contributed by atoms with Crippen LogP contribution in [-0.2, 0) is 4.79 Å². The molecule has 0 aromatic carbocycles. The molecule has 0 fully saturated rings. The minimum Gasteiger partial charge on any atom is -0.385 e. The van der Waals surface area contributed by atoms with Crippen LogP contribution in [0.5, 0.6) is 0 Å². The van der Waals surface area contributed by atoms with Gasteiger partial charge < -0.3 is 5.11 Å². The zero-order chi connectivity index (χ0) is 8.32. The summed E-state index contributed by atoms with van der Waals surface area (Å²) in [6, 6.07) is 0. The highest BCUT2D eigenvalue weighted by molar-refractivity contribution is 5.93. The second kappa shape index (κ2) is 3.18. The van der Waals surface area contributed by atoms with Gasteiger partial charge in [0.2, 0.25) is 0 Å². The van der Waals surface area contributed by atoms with E-state index in [0.717, 1.165) is 12.8 Å². The third kappa shape index (κ3) is 2.15. The van der Waals surface area contributed by atoms with E-state index in [0.29, 0.717) is 6.42 Å². The summed E-state index contributed by atoms with van der Waals surface area (Å²) in [5, 5.41) is 9.69. The third-order valence-electron chi connectivity index (χ3n) is 2.02. The average molecular weight is 154 g/mol. The van der Waals surface area contributed by atoms with Gasteiger partial charge in [0.25, 0.3) is 0 Å². The van der Waals surface area contributed by atoms with E-state index in [2.05, 4.69) is 6.92 Å². The van der Waals surface area contributed by atoms with Crippen molar-refractivity contribution < 1.29 is 9.90 Å². The van der Waals surface area contributed by atoms with Gasteiger partial charge in [-0.2, -0.15) is 0 Å². The molecule has 1 aliphatic rings. The van der Waals surface area contributed by atoms with E-state index < -0.39 is 5.60 Å². The molecule has 0 bridgehead atoms. The first-order valence-electron chi connectivity index (χ1n) is 4.11. The molecule has 0 saturated carbocycles. The largest absolute Gasteiger partial charge is 0.385 e. The molecule has 0 aliphatic heterocycles. The highest BCUT2D eigenvalue weighted by atomic mass is 16.3. The molecule has 0 aromatic rings. The van der Waals surface area contributed by atoms with Gasteiger partial charge in [-0.05, 0) is 18.6 Å². The number of unbranched alkanes of at least 4 members (excludes halogenated alkanes) is 1. The van der Waals surface area contributed by atoms with Gasteiger partial charge in [0.15, 0.2) is 5.78 Å². The van der Waals surface area contributed by atoms with Crippen molar-refractivity contribution in [2.45, 2.75) is 38.2 Å². The number of hydrogen-bond donors (Lipinski definition) is 1. The number of hydrogen-bond acceptors (Lipinski definition) is 2. The second-order valence-electron chi connectivity index (χ2n) is 3.18. The lowest BCUT2D eigenvalue weighted by Gasteiger charge is -2.18. The predicted octanol–water partition coefficient (Wildman–Crippen LogP) is 1.44. The van der Waals surface area contributed by atoms with Crippen LogP contribution in [0.2, 0.25) is 0 Å². The average Bonchev–Trinajstić information content (AvgIpc) is 2.28. The first kappa shape index (κ1) is 8.47. The number of allylic oxidation sites excluding steroid dienone is 1. The van der Waals surface area contributed by atoms with E-state index in [1.807, 2.05) is 0 Å². The number of ketones is 1. The number of aliphatic hydroxyl groups is 1. The summed E-state index contributed by atoms with van der Waals surface area (Å²) in [6.45, 7) is 2.07. The minimum absolute atomic E-state index is 0.0450. The van der Waals surface area contributed by atoms with Crippen LogP contribution in [0.15, 0.2) is 12.2 Å². The van der Waals surface area contributed by atoms with Crippen molar-refractivity contribution in [1.82, 2.24) is 0 Å². The van der Waals surface area contributed by atoms with E-state index in [1.54, 1.807) is 6.08 Å². The Balaban J connectivity index is 2.43. The van der Waals surface area contributed by atoms with Crippen molar-refractivity contribution >= 4 is 5.78 Å². The Morgan fingerprint density at radius 1 is 1.73 bits per heavy atom. The van der Waals surface area contributed by atoms with E-state index in [1.165, 1.54) is 6.08 Å². The Hall–Kier alpha value is -0.630. The van der Waals surface area contributed by atoms with Crippen LogP contribution < -0.4 is 0 Å². The lowest BCUT2D eigenvalue weighted by Crippen LogP contribution is -2.23. The molecule has 1 N–H and O–H groups in total. The third-order valence-corrected chi connectivity index (χ3v) is 2.02. The summed E-state index contributed by atoms with van der Waals surface area (Å²) < 4.78 is 0. The Bertz CT molecular complexity index is 184. The first-order chi connectivity index (χ1) is 5.16. The molecule has 2 nitrogen and oxygen atoms in total. The van der Waals surface area contributed by atoms with Crippen LogP contribution in [0.25, 0.3) is 0 Å². The zero-order valence-electron chi connectivity index (χ0n) is 6.84. The summed E-state index contributed by atoms with van der Waals surface area (Å²) in [5.41, 5.74) is -0.812. The molecule has 1 rings (SSSR count). The van der Waals surface area contributed by atoms with Crippen LogP contribution in [0, 0.1) is 0 Å². The predicted molar refractivity (Wildman–Crippen MR) is 43.2 cm³/mol. The molecular weight excluding hydrogens is 140 g/mol. The molecule has 0 aromatic heterocycles. The molecule has 0 spiro atoms. The normalized spacial score (nSPS) is 29.8. The van der Waals surface area contributed by atoms with Gasteiger partial charge in [-0.3, -0.25) is 4.79 Å². The summed E-state index contributed by atoms with van der Waals surface area (Å²) >= 11 is 0. The van der Waals surface area contributed by atoms with Gasteiger partial charge >= 0.3 is 0 Å². The van der Waals surface area contributed by atoms with Gasteiger partial charge in [-0.15, -0.1) is 0 Å². The fourth-order valence-electron chi connectivity index (χ4n) is 1.32. The SMILES string of the molecule is CCCCC1(O)C=CC(=O)C1. The van der Waals surface area contributed by atoms with Gasteiger partial charge in [-0.1, -0.05) is 19.8 Å². The molecule has 0 amide bonds. The second-order valence-corrected chi connectivity index (χ2v) is 3.18. The fraction of sp³-hybridized carbons (Fsp3) is 0.667. The van der Waals surface area contributed by atoms with E-state index >= 15 is 0 Å². The van der Waals surface area contributed by atoms with Crippen LogP contribution in [0.4, 0.5) is 0 Å². The lowest BCUT2D eigenvalue weighted by molar-refractivity contribution is -0.116. The van der Waals surface area contributed by atoms with Gasteiger partial charge in [-0.25, -0.2) is 0 Å². The molecule has 1 aliphatic carbocycles. The monoisotopic (exact) mass is 154 g/mol. The molecule has 11 heavy (non-hydrogen) atoms. The quantitative estimate of drug-likeness (QED) is 0.667. The molecule has 0 saturated heterocycles. The lowest BCUT2D eigenvalue weighted by atomic mass is 9.96. The maximum atomic E-state index is 10.8. The van der Waals surface area contributed by atoms with Crippen LogP contribution in [0.1, 0.15) is 32.6 Å². The van der Waals surface area contributed by atoms with E-state index in [4.69, 9.17) is 0 Å². The number of carbonyl (C=O) groups is 1. The summed E-state index contributed by atoms with van der Waals surface area (Å²) in [5.74, 6) is 0.0450. The smallest absolute Gasteiger partial charge is 0.158 e. The van der Waals surface area contributed by atoms with Crippen molar-refractivity contribution in [2.75, 3.05) is 0 Å². The van der Waals surface area contributed by atoms with Crippen LogP contribution >= 0.6 is 0 Å². The maximum Gasteiger partial charge on any atom is 0.158 e. The fourth-order valence-corrected chi connectivity index (χ4v) is 1.32. The molecule has 1 atom stereocenters. The highest BCUT2D eigenvalue weighted by Gasteiger charge is 2.29. The molecular formula is C9H14O2. The standard InChI is InChI=1S/C9H14O2/c1-2-3-5-9(11)6-4-8(10)7-9/h4,6,11H,2-3,5,7H2,1H3. The number of rotatable bonds is 3. The molecule has 0 radical (unpaired) electrons. The minimum atomic E-state index is -0.812. The highest BCUT2D eigenvalue weighted by Crippen LogP contribution is 2.25. The van der Waals surface area contributed by atoms with Gasteiger partial charge in [0.05, 0.1) is 5.60 Å². The van der Waals surface area contributed by atoms with Crippen molar-refractivity contribution in [3.63, 3.8) is 0 Å². The van der Waals surface area contributed by atoms with E-state index in [-0.39, 0.29) is 12.2 Å². The molecule has 1 unspecified atom stereocenters. The van der Waals surface area contributed by atoms with Crippen LogP contribution in [-0.4, -0.2) is 16.5 Å². The molecule has 2 heteroatoms. The van der Waals surface area contributed by atoms with Crippen molar-refractivity contribution in [1.29, 1.82) is 0 Å². The summed E-state index contributed by atoms with van der Waals surface area (Å²) in [4.78, 5) is 10.8. The molecule has 62 valence electrons. The Labute approximate surface area is 66.9 Å². The molecule has 0 heterocycles. The van der Waals surface area contributed by atoms with Gasteiger partial charge in [0, 0.05) is 6.42 Å². The Kier molecular flexibility index (Phi) is 2.45. The topological polar surface area (TPSA) is 37.3 Å². The van der Waals surface area contributed by atoms with Gasteiger partial charge in [0.1, 0.15) is 0 Å². The zero-order valence-corrected chi connectivity index (χ0v) is 6.84. The van der Waals surface area contributed by atoms with Crippen molar-refractivity contribution in [2.24, 2.45) is 0 Å². The Morgan fingerprint density at radius 3 is 2.91 bits per heavy atom. The van der Waals surface area contributed by atoms with Crippen molar-refractivity contribution in [3.8, 4) is 0 Å². The maximum absolute atomic E-state index is 10.8. The Morgan fingerprint density at radius 2 is 2.45 bits per heavy atom. The van der Waals surface area contributed by atoms with E-state index in [9.17, 15) is 9.90 Å². The summed E-state index contributed by atoms with van der Waals surface area (Å²) in [7, 11) is 0. The van der Waals surface area contributed by atoms with Crippen LogP contribution in [0.3, 0.4) is 0 Å². The number of carbonyl (C=O) groups excluding carboxylic acids is 1. The van der Waals surface area contributed by atoms with Crippen molar-refractivity contribution in [3.05, 3.63) is 12.2 Å². The first-order valence-corrected chi connectivity index (χ1v) is 4.11. The summed E-state index contributed by atoms with van der Waals surface area (Å²) in [6.07, 6.45) is 6.15.